The SMILES string of the molecule is Cc1ccc(F)cc1C(N)c1c(C)cc(F)cc1C. The number of halogens is 2. The van der Waals surface area contributed by atoms with Gasteiger partial charge in [0.2, 0.25) is 0 Å². The molecule has 1 atom stereocenters. The van der Waals surface area contributed by atoms with Crippen molar-refractivity contribution in [2.24, 2.45) is 5.73 Å². The first-order chi connectivity index (χ1) is 8.90. The Morgan fingerprint density at radius 2 is 1.42 bits per heavy atom. The molecular weight excluding hydrogens is 244 g/mol. The lowest BCUT2D eigenvalue weighted by Crippen LogP contribution is -2.16. The molecule has 0 heterocycles. The Morgan fingerprint density at radius 3 is 2.00 bits per heavy atom. The van der Waals surface area contributed by atoms with Gasteiger partial charge in [-0.3, -0.25) is 0 Å². The van der Waals surface area contributed by atoms with Crippen molar-refractivity contribution >= 4 is 0 Å². The van der Waals surface area contributed by atoms with Gasteiger partial charge in [-0.15, -0.1) is 0 Å². The van der Waals surface area contributed by atoms with Crippen LogP contribution in [0.25, 0.3) is 0 Å². The second kappa shape index (κ2) is 5.10. The lowest BCUT2D eigenvalue weighted by molar-refractivity contribution is 0.618. The highest BCUT2D eigenvalue weighted by atomic mass is 19.1. The Labute approximate surface area is 112 Å². The molecule has 0 aliphatic heterocycles. The monoisotopic (exact) mass is 261 g/mol. The first-order valence-corrected chi connectivity index (χ1v) is 6.18. The van der Waals surface area contributed by atoms with Crippen LogP contribution in [0.2, 0.25) is 0 Å². The molecule has 0 spiro atoms. The van der Waals surface area contributed by atoms with Crippen molar-refractivity contribution in [3.05, 3.63) is 69.8 Å². The van der Waals surface area contributed by atoms with E-state index in [4.69, 9.17) is 5.73 Å². The molecule has 100 valence electrons. The summed E-state index contributed by atoms with van der Waals surface area (Å²) in [5, 5.41) is 0. The number of nitrogens with two attached hydrogens (primary N) is 1. The molecule has 2 aromatic carbocycles. The predicted molar refractivity (Wildman–Crippen MR) is 73.0 cm³/mol. The molecule has 0 aliphatic rings. The molecule has 0 amide bonds. The highest BCUT2D eigenvalue weighted by molar-refractivity contribution is 5.44. The molecule has 2 rings (SSSR count). The van der Waals surface area contributed by atoms with E-state index in [-0.39, 0.29) is 11.6 Å². The third-order valence-electron chi connectivity index (χ3n) is 3.45. The fourth-order valence-corrected chi connectivity index (χ4v) is 2.51. The average Bonchev–Trinajstić information content (AvgIpc) is 2.30. The van der Waals surface area contributed by atoms with Gasteiger partial charge in [0.05, 0.1) is 6.04 Å². The molecule has 1 unspecified atom stereocenters. The van der Waals surface area contributed by atoms with Gasteiger partial charge in [0.15, 0.2) is 0 Å². The first-order valence-electron chi connectivity index (χ1n) is 6.18. The number of benzene rings is 2. The van der Waals surface area contributed by atoms with Gasteiger partial charge < -0.3 is 5.73 Å². The molecule has 2 N–H and O–H groups in total. The van der Waals surface area contributed by atoms with Crippen molar-refractivity contribution in [3.63, 3.8) is 0 Å². The zero-order valence-corrected chi connectivity index (χ0v) is 11.3. The molecule has 0 saturated heterocycles. The summed E-state index contributed by atoms with van der Waals surface area (Å²) in [6, 6.07) is 7.03. The third kappa shape index (κ3) is 2.66. The van der Waals surface area contributed by atoms with E-state index in [1.165, 1.54) is 24.3 Å². The fraction of sp³-hybridized carbons (Fsp3) is 0.250. The van der Waals surface area contributed by atoms with Crippen LogP contribution in [0.1, 0.15) is 33.9 Å². The highest BCUT2D eigenvalue weighted by Gasteiger charge is 2.17. The van der Waals surface area contributed by atoms with E-state index in [0.29, 0.717) is 0 Å². The van der Waals surface area contributed by atoms with Crippen molar-refractivity contribution in [2.75, 3.05) is 0 Å². The van der Waals surface area contributed by atoms with Gasteiger partial charge in [-0.25, -0.2) is 8.78 Å². The molecule has 3 heteroatoms. The largest absolute Gasteiger partial charge is 0.320 e. The molecular formula is C16H17F2N. The Bertz CT molecular complexity index is 597. The van der Waals surface area contributed by atoms with Crippen LogP contribution < -0.4 is 5.73 Å². The van der Waals surface area contributed by atoms with Crippen LogP contribution in [-0.4, -0.2) is 0 Å². The zero-order chi connectivity index (χ0) is 14.2. The van der Waals surface area contributed by atoms with E-state index >= 15 is 0 Å². The lowest BCUT2D eigenvalue weighted by Gasteiger charge is -2.20. The molecule has 0 saturated carbocycles. The molecule has 0 bridgehead atoms. The predicted octanol–water partition coefficient (Wildman–Crippen LogP) is 3.94. The number of hydrogen-bond donors (Lipinski definition) is 1. The summed E-state index contributed by atoms with van der Waals surface area (Å²) in [5.41, 5.74) is 10.3. The molecule has 2 aromatic rings. The minimum absolute atomic E-state index is 0.276. The summed E-state index contributed by atoms with van der Waals surface area (Å²) >= 11 is 0. The second-order valence-corrected chi connectivity index (χ2v) is 4.93. The van der Waals surface area contributed by atoms with Crippen molar-refractivity contribution in [2.45, 2.75) is 26.8 Å². The van der Waals surface area contributed by atoms with Gasteiger partial charge in [-0.05, 0) is 72.9 Å². The maximum Gasteiger partial charge on any atom is 0.123 e. The van der Waals surface area contributed by atoms with E-state index in [1.807, 2.05) is 20.8 Å². The van der Waals surface area contributed by atoms with Crippen molar-refractivity contribution in [3.8, 4) is 0 Å². The number of hydrogen-bond acceptors (Lipinski definition) is 1. The molecule has 0 aliphatic carbocycles. The van der Waals surface area contributed by atoms with Gasteiger partial charge in [0.1, 0.15) is 11.6 Å². The van der Waals surface area contributed by atoms with Crippen LogP contribution in [-0.2, 0) is 0 Å². The summed E-state index contributed by atoms with van der Waals surface area (Å²) in [6.07, 6.45) is 0. The first kappa shape index (κ1) is 13.7. The van der Waals surface area contributed by atoms with Gasteiger partial charge in [0, 0.05) is 0 Å². The van der Waals surface area contributed by atoms with Gasteiger partial charge in [0.25, 0.3) is 0 Å². The smallest absolute Gasteiger partial charge is 0.123 e. The van der Waals surface area contributed by atoms with Crippen molar-refractivity contribution < 1.29 is 8.78 Å². The fourth-order valence-electron chi connectivity index (χ4n) is 2.51. The maximum absolute atomic E-state index is 13.4. The summed E-state index contributed by atoms with van der Waals surface area (Å²) in [4.78, 5) is 0. The van der Waals surface area contributed by atoms with Crippen LogP contribution in [0, 0.1) is 32.4 Å². The normalized spacial score (nSPS) is 12.5. The summed E-state index contributed by atoms with van der Waals surface area (Å²) < 4.78 is 26.7. The van der Waals surface area contributed by atoms with E-state index in [0.717, 1.165) is 27.8 Å². The molecule has 0 radical (unpaired) electrons. The molecule has 1 nitrogen and oxygen atoms in total. The van der Waals surface area contributed by atoms with Crippen LogP contribution in [0.5, 0.6) is 0 Å². The van der Waals surface area contributed by atoms with E-state index in [9.17, 15) is 8.78 Å². The second-order valence-electron chi connectivity index (χ2n) is 4.93. The Morgan fingerprint density at radius 1 is 0.842 bits per heavy atom. The molecule has 19 heavy (non-hydrogen) atoms. The highest BCUT2D eigenvalue weighted by Crippen LogP contribution is 2.29. The van der Waals surface area contributed by atoms with Gasteiger partial charge >= 0.3 is 0 Å². The Kier molecular flexibility index (Phi) is 3.67. The Balaban J connectivity index is 2.56. The minimum atomic E-state index is -0.448. The van der Waals surface area contributed by atoms with Crippen molar-refractivity contribution in [1.29, 1.82) is 0 Å². The van der Waals surface area contributed by atoms with E-state index in [1.54, 1.807) is 6.07 Å². The number of aryl methyl sites for hydroxylation is 3. The summed E-state index contributed by atoms with van der Waals surface area (Å²) in [7, 11) is 0. The van der Waals surface area contributed by atoms with Crippen LogP contribution in [0.15, 0.2) is 30.3 Å². The van der Waals surface area contributed by atoms with Crippen LogP contribution >= 0.6 is 0 Å². The Hall–Kier alpha value is -1.74. The van der Waals surface area contributed by atoms with E-state index < -0.39 is 6.04 Å². The molecule has 0 fully saturated rings. The summed E-state index contributed by atoms with van der Waals surface area (Å²) in [6.45, 7) is 5.53. The zero-order valence-electron chi connectivity index (χ0n) is 11.3. The van der Waals surface area contributed by atoms with E-state index in [2.05, 4.69) is 0 Å². The van der Waals surface area contributed by atoms with Crippen LogP contribution in [0.4, 0.5) is 8.78 Å². The maximum atomic E-state index is 13.4. The standard InChI is InChI=1S/C16H17F2N/c1-9-4-5-12(17)8-14(9)16(19)15-10(2)6-13(18)7-11(15)3/h4-8,16H,19H2,1-3H3. The summed E-state index contributed by atoms with van der Waals surface area (Å²) in [5.74, 6) is -0.588. The van der Waals surface area contributed by atoms with Crippen molar-refractivity contribution in [1.82, 2.24) is 0 Å². The lowest BCUT2D eigenvalue weighted by atomic mass is 9.90. The topological polar surface area (TPSA) is 26.0 Å². The quantitative estimate of drug-likeness (QED) is 0.870. The number of rotatable bonds is 2. The van der Waals surface area contributed by atoms with Gasteiger partial charge in [-0.1, -0.05) is 6.07 Å². The minimum Gasteiger partial charge on any atom is -0.320 e. The third-order valence-corrected chi connectivity index (χ3v) is 3.45. The molecule has 0 aromatic heterocycles. The van der Waals surface area contributed by atoms with Gasteiger partial charge in [-0.2, -0.15) is 0 Å². The van der Waals surface area contributed by atoms with Crippen LogP contribution in [0.3, 0.4) is 0 Å². The average molecular weight is 261 g/mol.